The van der Waals surface area contributed by atoms with Crippen molar-refractivity contribution in [2.45, 2.75) is 6.54 Å². The van der Waals surface area contributed by atoms with Crippen LogP contribution in [-0.2, 0) is 11.3 Å². The minimum atomic E-state index is -0.251. The fourth-order valence-corrected chi connectivity index (χ4v) is 1.84. The van der Waals surface area contributed by atoms with E-state index >= 15 is 0 Å². The number of aromatic hydroxyl groups is 1. The predicted molar refractivity (Wildman–Crippen MR) is 68.2 cm³/mol. The first-order chi connectivity index (χ1) is 8.22. The summed E-state index contributed by atoms with van der Waals surface area (Å²) in [6.45, 7) is 0.277. The molecule has 88 valence electrons. The van der Waals surface area contributed by atoms with Crippen LogP contribution in [0.3, 0.4) is 0 Å². The largest absolute Gasteiger partial charge is 0.508 e. The molecule has 2 N–H and O–H groups in total. The number of halogens is 1. The molecule has 0 atom stereocenters. The molecule has 0 aromatic heterocycles. The summed E-state index contributed by atoms with van der Waals surface area (Å²) in [6.07, 6.45) is 0. The molecule has 0 spiro atoms. The predicted octanol–water partition coefficient (Wildman–Crippen LogP) is 2.40. The van der Waals surface area contributed by atoms with E-state index in [-0.39, 0.29) is 24.1 Å². The number of hydrogen-bond donors (Lipinski definition) is 2. The normalized spacial score (nSPS) is 10.4. The van der Waals surface area contributed by atoms with E-state index < -0.39 is 0 Å². The summed E-state index contributed by atoms with van der Waals surface area (Å²) in [5.41, 5.74) is 0.710. The Morgan fingerprint density at radius 2 is 2.00 bits per heavy atom. The summed E-state index contributed by atoms with van der Waals surface area (Å²) in [5.74, 6) is -0.150. The van der Waals surface area contributed by atoms with Gasteiger partial charge in [-0.05, 0) is 16.8 Å². The number of hydrogen-bond acceptors (Lipinski definition) is 2. The number of amides is 1. The quantitative estimate of drug-likeness (QED) is 0.821. The average Bonchev–Trinajstić information content (AvgIpc) is 2.37. The highest BCUT2D eigenvalue weighted by Crippen LogP contribution is 2.26. The Morgan fingerprint density at radius 3 is 2.76 bits per heavy atom. The highest BCUT2D eigenvalue weighted by Gasteiger charge is 2.07. The maximum Gasteiger partial charge on any atom is 0.235 e. The van der Waals surface area contributed by atoms with E-state index in [2.05, 4.69) is 5.32 Å². The van der Waals surface area contributed by atoms with Crippen LogP contribution < -0.4 is 5.32 Å². The number of fused-ring (bicyclic) bond motifs is 1. The smallest absolute Gasteiger partial charge is 0.235 e. The van der Waals surface area contributed by atoms with Crippen LogP contribution in [0, 0.1) is 0 Å². The minimum absolute atomic E-state index is 0.0778. The number of carbonyl (C=O) groups is 1. The Labute approximate surface area is 104 Å². The number of rotatable bonds is 3. The van der Waals surface area contributed by atoms with Crippen LogP contribution in [0.4, 0.5) is 0 Å². The zero-order chi connectivity index (χ0) is 12.3. The van der Waals surface area contributed by atoms with Crippen molar-refractivity contribution in [2.24, 2.45) is 0 Å². The fraction of sp³-hybridized carbons (Fsp3) is 0.154. The topological polar surface area (TPSA) is 49.3 Å². The number of carbonyl (C=O) groups excluding carboxylic acids is 1. The molecule has 0 saturated heterocycles. The van der Waals surface area contributed by atoms with Crippen LogP contribution >= 0.6 is 11.6 Å². The van der Waals surface area contributed by atoms with Crippen molar-refractivity contribution in [1.29, 1.82) is 0 Å². The Bertz CT molecular complexity index is 554. The number of alkyl halides is 1. The standard InChI is InChI=1S/C13H12ClNO2/c14-7-13(17)15-8-11-10-4-2-1-3-9(10)5-6-12(11)16/h1-6,16H,7-8H2,(H,15,17). The molecule has 3 nitrogen and oxygen atoms in total. The van der Waals surface area contributed by atoms with Crippen molar-refractivity contribution in [2.75, 3.05) is 5.88 Å². The molecule has 4 heteroatoms. The highest BCUT2D eigenvalue weighted by atomic mass is 35.5. The van der Waals surface area contributed by atoms with E-state index in [1.165, 1.54) is 0 Å². The summed E-state index contributed by atoms with van der Waals surface area (Å²) in [5, 5.41) is 14.4. The van der Waals surface area contributed by atoms with Gasteiger partial charge in [-0.15, -0.1) is 11.6 Å². The van der Waals surface area contributed by atoms with Gasteiger partial charge in [0, 0.05) is 12.1 Å². The number of phenols is 1. The third-order valence-corrected chi connectivity index (χ3v) is 2.84. The van der Waals surface area contributed by atoms with Gasteiger partial charge in [0.2, 0.25) is 5.91 Å². The molecule has 2 aromatic carbocycles. The van der Waals surface area contributed by atoms with Gasteiger partial charge in [0.1, 0.15) is 11.6 Å². The lowest BCUT2D eigenvalue weighted by Gasteiger charge is -2.09. The van der Waals surface area contributed by atoms with E-state index in [4.69, 9.17) is 11.6 Å². The first-order valence-corrected chi connectivity index (χ1v) is 5.78. The Morgan fingerprint density at radius 1 is 1.24 bits per heavy atom. The van der Waals surface area contributed by atoms with E-state index in [0.29, 0.717) is 5.56 Å². The molecule has 1 amide bonds. The van der Waals surface area contributed by atoms with Gasteiger partial charge < -0.3 is 10.4 Å². The molecule has 17 heavy (non-hydrogen) atoms. The van der Waals surface area contributed by atoms with Crippen molar-refractivity contribution in [3.05, 3.63) is 42.0 Å². The SMILES string of the molecule is O=C(CCl)NCc1c(O)ccc2ccccc12. The summed E-state index contributed by atoms with van der Waals surface area (Å²) >= 11 is 5.40. The molecule has 0 aliphatic carbocycles. The molecule has 0 aliphatic heterocycles. The van der Waals surface area contributed by atoms with Gasteiger partial charge >= 0.3 is 0 Å². The van der Waals surface area contributed by atoms with Crippen LogP contribution in [0.2, 0.25) is 0 Å². The number of nitrogens with one attached hydrogen (secondary N) is 1. The molecule has 2 aromatic rings. The third kappa shape index (κ3) is 2.50. The van der Waals surface area contributed by atoms with Crippen molar-refractivity contribution in [3.63, 3.8) is 0 Å². The van der Waals surface area contributed by atoms with Crippen molar-refractivity contribution >= 4 is 28.3 Å². The first-order valence-electron chi connectivity index (χ1n) is 5.24. The van der Waals surface area contributed by atoms with Crippen LogP contribution in [0.25, 0.3) is 10.8 Å². The van der Waals surface area contributed by atoms with Gasteiger partial charge in [-0.25, -0.2) is 0 Å². The van der Waals surface area contributed by atoms with Crippen LogP contribution in [-0.4, -0.2) is 16.9 Å². The molecular formula is C13H12ClNO2. The lowest BCUT2D eigenvalue weighted by atomic mass is 10.0. The Kier molecular flexibility index (Phi) is 3.49. The van der Waals surface area contributed by atoms with Gasteiger partial charge in [-0.2, -0.15) is 0 Å². The van der Waals surface area contributed by atoms with Crippen molar-refractivity contribution in [1.82, 2.24) is 5.32 Å². The van der Waals surface area contributed by atoms with E-state index in [0.717, 1.165) is 10.8 Å². The first kappa shape index (κ1) is 11.7. The summed E-state index contributed by atoms with van der Waals surface area (Å²) in [7, 11) is 0. The molecule has 0 aliphatic rings. The van der Waals surface area contributed by atoms with Crippen molar-refractivity contribution < 1.29 is 9.90 Å². The Hall–Kier alpha value is -1.74. The monoisotopic (exact) mass is 249 g/mol. The molecule has 0 fully saturated rings. The second-order valence-electron chi connectivity index (χ2n) is 3.69. The van der Waals surface area contributed by atoms with Gasteiger partial charge in [-0.1, -0.05) is 30.3 Å². The minimum Gasteiger partial charge on any atom is -0.508 e. The van der Waals surface area contributed by atoms with Gasteiger partial charge in [-0.3, -0.25) is 4.79 Å². The molecule has 0 unspecified atom stereocenters. The van der Waals surface area contributed by atoms with E-state index in [9.17, 15) is 9.90 Å². The molecule has 2 rings (SSSR count). The number of benzene rings is 2. The second-order valence-corrected chi connectivity index (χ2v) is 3.96. The third-order valence-electron chi connectivity index (χ3n) is 2.60. The molecule has 0 saturated carbocycles. The lowest BCUT2D eigenvalue weighted by molar-refractivity contribution is -0.118. The highest BCUT2D eigenvalue weighted by molar-refractivity contribution is 6.27. The summed E-state index contributed by atoms with van der Waals surface area (Å²) < 4.78 is 0. The molecule has 0 radical (unpaired) electrons. The zero-order valence-electron chi connectivity index (χ0n) is 9.11. The average molecular weight is 250 g/mol. The van der Waals surface area contributed by atoms with Gasteiger partial charge in [0.05, 0.1) is 0 Å². The van der Waals surface area contributed by atoms with Gasteiger partial charge in [0.15, 0.2) is 0 Å². The van der Waals surface area contributed by atoms with Crippen molar-refractivity contribution in [3.8, 4) is 5.75 Å². The maximum atomic E-state index is 11.1. The zero-order valence-corrected chi connectivity index (χ0v) is 9.87. The van der Waals surface area contributed by atoms with Gasteiger partial charge in [0.25, 0.3) is 0 Å². The molecule has 0 heterocycles. The lowest BCUT2D eigenvalue weighted by Crippen LogP contribution is -2.23. The van der Waals surface area contributed by atoms with E-state index in [1.54, 1.807) is 6.07 Å². The molecule has 0 bridgehead atoms. The summed E-state index contributed by atoms with van der Waals surface area (Å²) in [6, 6.07) is 11.2. The Balaban J connectivity index is 2.37. The van der Waals surface area contributed by atoms with Crippen LogP contribution in [0.1, 0.15) is 5.56 Å². The van der Waals surface area contributed by atoms with E-state index in [1.807, 2.05) is 30.3 Å². The second kappa shape index (κ2) is 5.06. The maximum absolute atomic E-state index is 11.1. The van der Waals surface area contributed by atoms with Crippen LogP contribution in [0.5, 0.6) is 5.75 Å². The number of phenolic OH excluding ortho intramolecular Hbond substituents is 1. The van der Waals surface area contributed by atoms with Crippen LogP contribution in [0.15, 0.2) is 36.4 Å². The summed E-state index contributed by atoms with van der Waals surface area (Å²) in [4.78, 5) is 11.1. The molecular weight excluding hydrogens is 238 g/mol. The fourth-order valence-electron chi connectivity index (χ4n) is 1.74.